The third-order valence-corrected chi connectivity index (χ3v) is 14.7. The fraction of sp³-hybridized carbons (Fsp3) is 0.769. The summed E-state index contributed by atoms with van der Waals surface area (Å²) in [6.07, 6.45) is 2.34. The molecule has 0 spiro atoms. The standard InChI is InChI=1S/C26H45BO3Si/c1-18(2)31(19(3)4,20(5)6)28-22-16-23(21-14-12-11-13-15-21)24(17-22)27-29-25(7,8)26(9,10)30-27/h11-15,18-20,22-24H,16-17H2,1-10H3/t22-,23+,24+/m1/s1. The predicted octanol–water partition coefficient (Wildman–Crippen LogP) is 7.59. The lowest BCUT2D eigenvalue weighted by molar-refractivity contribution is 0.00578. The Hall–Kier alpha value is -0.618. The van der Waals surface area contributed by atoms with E-state index in [1.54, 1.807) is 0 Å². The molecule has 1 saturated heterocycles. The van der Waals surface area contributed by atoms with Gasteiger partial charge in [-0.3, -0.25) is 0 Å². The minimum absolute atomic E-state index is 0.183. The topological polar surface area (TPSA) is 27.7 Å². The molecule has 1 aromatic carbocycles. The Morgan fingerprint density at radius 3 is 1.77 bits per heavy atom. The molecule has 0 N–H and O–H groups in total. The fourth-order valence-corrected chi connectivity index (χ4v) is 11.8. The lowest BCUT2D eigenvalue weighted by atomic mass is 9.64. The Kier molecular flexibility index (Phi) is 7.23. The van der Waals surface area contributed by atoms with Gasteiger partial charge < -0.3 is 13.7 Å². The second kappa shape index (κ2) is 8.96. The maximum absolute atomic E-state index is 7.26. The number of hydrogen-bond donors (Lipinski definition) is 0. The molecule has 5 heteroatoms. The highest BCUT2D eigenvalue weighted by molar-refractivity contribution is 6.77. The first-order chi connectivity index (χ1) is 14.3. The maximum Gasteiger partial charge on any atom is 0.461 e. The van der Waals surface area contributed by atoms with Gasteiger partial charge in [-0.15, -0.1) is 0 Å². The van der Waals surface area contributed by atoms with E-state index in [0.717, 1.165) is 12.8 Å². The average molecular weight is 445 g/mol. The van der Waals surface area contributed by atoms with Gasteiger partial charge in [0.2, 0.25) is 8.32 Å². The van der Waals surface area contributed by atoms with Crippen molar-refractivity contribution >= 4 is 15.4 Å². The molecule has 3 nitrogen and oxygen atoms in total. The summed E-state index contributed by atoms with van der Waals surface area (Å²) in [4.78, 5) is 0. The monoisotopic (exact) mass is 444 g/mol. The minimum atomic E-state index is -1.93. The summed E-state index contributed by atoms with van der Waals surface area (Å²) < 4.78 is 20.4. The molecule has 3 atom stereocenters. The summed E-state index contributed by atoms with van der Waals surface area (Å²) in [6.45, 7) is 22.9. The van der Waals surface area contributed by atoms with E-state index in [9.17, 15) is 0 Å². The Morgan fingerprint density at radius 1 is 0.839 bits per heavy atom. The van der Waals surface area contributed by atoms with E-state index in [4.69, 9.17) is 13.7 Å². The third kappa shape index (κ3) is 4.58. The van der Waals surface area contributed by atoms with Gasteiger partial charge in [0.25, 0.3) is 0 Å². The van der Waals surface area contributed by atoms with Gasteiger partial charge in [0, 0.05) is 11.9 Å². The molecular weight excluding hydrogens is 399 g/mol. The van der Waals surface area contributed by atoms with Crippen LogP contribution in [-0.2, 0) is 13.7 Å². The van der Waals surface area contributed by atoms with Crippen LogP contribution in [0.15, 0.2) is 30.3 Å². The molecule has 0 unspecified atom stereocenters. The first-order valence-corrected chi connectivity index (χ1v) is 14.5. The van der Waals surface area contributed by atoms with Crippen LogP contribution in [-0.4, -0.2) is 32.7 Å². The molecule has 174 valence electrons. The molecule has 1 aromatic rings. The first-order valence-electron chi connectivity index (χ1n) is 12.4. The van der Waals surface area contributed by atoms with E-state index in [1.165, 1.54) is 5.56 Å². The lowest BCUT2D eigenvalue weighted by Crippen LogP contribution is -2.49. The van der Waals surface area contributed by atoms with Crippen LogP contribution in [0.4, 0.5) is 0 Å². The van der Waals surface area contributed by atoms with Crippen molar-refractivity contribution in [3.05, 3.63) is 35.9 Å². The SMILES string of the molecule is CC(C)[Si](O[C@H]1C[C@H](B2OC(C)(C)C(C)(C)O2)[C@H](c2ccccc2)C1)(C(C)C)C(C)C. The molecule has 31 heavy (non-hydrogen) atoms. The Balaban J connectivity index is 1.91. The van der Waals surface area contributed by atoms with Gasteiger partial charge in [-0.1, -0.05) is 71.9 Å². The van der Waals surface area contributed by atoms with E-state index in [2.05, 4.69) is 99.6 Å². The fourth-order valence-electron chi connectivity index (χ4n) is 6.26. The molecule has 1 aliphatic carbocycles. The maximum atomic E-state index is 7.26. The number of hydrogen-bond acceptors (Lipinski definition) is 3. The molecule has 2 fully saturated rings. The molecule has 0 bridgehead atoms. The van der Waals surface area contributed by atoms with Crippen LogP contribution in [0.3, 0.4) is 0 Å². The van der Waals surface area contributed by atoms with Crippen LogP contribution in [0.5, 0.6) is 0 Å². The second-order valence-electron chi connectivity index (χ2n) is 11.8. The summed E-state index contributed by atoms with van der Waals surface area (Å²) in [6, 6.07) is 10.9. The average Bonchev–Trinajstić information content (AvgIpc) is 3.17. The van der Waals surface area contributed by atoms with Crippen molar-refractivity contribution in [1.29, 1.82) is 0 Å². The zero-order chi connectivity index (χ0) is 23.2. The van der Waals surface area contributed by atoms with Gasteiger partial charge in [0.15, 0.2) is 0 Å². The Bertz CT molecular complexity index is 694. The molecule has 1 aliphatic heterocycles. The normalized spacial score (nSPS) is 28.3. The van der Waals surface area contributed by atoms with Gasteiger partial charge in [-0.05, 0) is 68.6 Å². The molecule has 3 rings (SSSR count). The molecule has 2 aliphatic rings. The van der Waals surface area contributed by atoms with E-state index >= 15 is 0 Å². The Morgan fingerprint density at radius 2 is 1.32 bits per heavy atom. The van der Waals surface area contributed by atoms with E-state index < -0.39 is 8.32 Å². The molecule has 0 radical (unpaired) electrons. The highest BCUT2D eigenvalue weighted by Gasteiger charge is 2.58. The molecule has 0 aromatic heterocycles. The van der Waals surface area contributed by atoms with Crippen molar-refractivity contribution < 1.29 is 13.7 Å². The highest BCUT2D eigenvalue weighted by Crippen LogP contribution is 2.54. The molecule has 1 heterocycles. The van der Waals surface area contributed by atoms with E-state index in [-0.39, 0.29) is 24.4 Å². The molecule has 1 saturated carbocycles. The summed E-state index contributed by atoms with van der Waals surface area (Å²) in [5.74, 6) is 0.714. The zero-order valence-electron chi connectivity index (χ0n) is 21.6. The largest absolute Gasteiger partial charge is 0.461 e. The van der Waals surface area contributed by atoms with Crippen LogP contribution < -0.4 is 0 Å². The number of rotatable bonds is 7. The first kappa shape index (κ1) is 25.0. The highest BCUT2D eigenvalue weighted by atomic mass is 28.4. The number of benzene rings is 1. The third-order valence-electron chi connectivity index (χ3n) is 8.50. The van der Waals surface area contributed by atoms with Gasteiger partial charge >= 0.3 is 7.12 Å². The van der Waals surface area contributed by atoms with E-state index in [0.29, 0.717) is 28.4 Å². The summed E-state index contributed by atoms with van der Waals surface area (Å²) in [5, 5.41) is 0. The van der Waals surface area contributed by atoms with Crippen LogP contribution in [0.25, 0.3) is 0 Å². The summed E-state index contributed by atoms with van der Waals surface area (Å²) in [5.41, 5.74) is 2.57. The van der Waals surface area contributed by atoms with Crippen molar-refractivity contribution in [1.82, 2.24) is 0 Å². The molecular formula is C26H45BO3Si. The quantitative estimate of drug-likeness (QED) is 0.406. The van der Waals surface area contributed by atoms with Gasteiger partial charge in [-0.25, -0.2) is 0 Å². The van der Waals surface area contributed by atoms with Crippen molar-refractivity contribution in [3.63, 3.8) is 0 Å². The second-order valence-corrected chi connectivity index (χ2v) is 17.2. The van der Waals surface area contributed by atoms with Gasteiger partial charge in [0.1, 0.15) is 0 Å². The zero-order valence-corrected chi connectivity index (χ0v) is 22.6. The van der Waals surface area contributed by atoms with Gasteiger partial charge in [0.05, 0.1) is 11.2 Å². The smallest absolute Gasteiger partial charge is 0.413 e. The van der Waals surface area contributed by atoms with Crippen molar-refractivity contribution in [3.8, 4) is 0 Å². The minimum Gasteiger partial charge on any atom is -0.413 e. The van der Waals surface area contributed by atoms with Crippen molar-refractivity contribution in [2.75, 3.05) is 0 Å². The molecule has 0 amide bonds. The predicted molar refractivity (Wildman–Crippen MR) is 134 cm³/mol. The van der Waals surface area contributed by atoms with Crippen LogP contribution in [0.2, 0.25) is 22.4 Å². The summed E-state index contributed by atoms with van der Waals surface area (Å²) in [7, 11) is -2.11. The van der Waals surface area contributed by atoms with Crippen LogP contribution in [0.1, 0.15) is 93.6 Å². The summed E-state index contributed by atoms with van der Waals surface area (Å²) >= 11 is 0. The van der Waals surface area contributed by atoms with Crippen molar-refractivity contribution in [2.45, 2.75) is 128 Å². The van der Waals surface area contributed by atoms with Crippen LogP contribution in [0, 0.1) is 0 Å². The lowest BCUT2D eigenvalue weighted by Gasteiger charge is -2.44. The van der Waals surface area contributed by atoms with E-state index in [1.807, 2.05) is 0 Å². The van der Waals surface area contributed by atoms with Crippen LogP contribution >= 0.6 is 0 Å². The van der Waals surface area contributed by atoms with Crippen molar-refractivity contribution in [2.24, 2.45) is 0 Å². The Labute approximate surface area is 192 Å². The van der Waals surface area contributed by atoms with Gasteiger partial charge in [-0.2, -0.15) is 0 Å².